The van der Waals surface area contributed by atoms with Gasteiger partial charge in [-0.15, -0.1) is 0 Å². The van der Waals surface area contributed by atoms with Crippen molar-refractivity contribution in [2.45, 2.75) is 37.4 Å². The Bertz CT molecular complexity index is 1490. The van der Waals surface area contributed by atoms with Crippen molar-refractivity contribution in [3.8, 4) is 39.9 Å². The molecule has 2 aliphatic heterocycles. The first-order valence-electron chi connectivity index (χ1n) is 14.7. The van der Waals surface area contributed by atoms with Crippen molar-refractivity contribution in [1.82, 2.24) is 15.5 Å². The van der Waals surface area contributed by atoms with Crippen molar-refractivity contribution in [3.63, 3.8) is 0 Å². The summed E-state index contributed by atoms with van der Waals surface area (Å²) in [4.78, 5) is 2.25. The van der Waals surface area contributed by atoms with Crippen molar-refractivity contribution in [2.75, 3.05) is 47.3 Å². The summed E-state index contributed by atoms with van der Waals surface area (Å²) in [6.07, 6.45) is 5.48. The number of aromatic hydroxyl groups is 2. The van der Waals surface area contributed by atoms with E-state index in [9.17, 15) is 15.3 Å². The number of rotatable bonds is 11. The Hall–Kier alpha value is -4.12. The van der Waals surface area contributed by atoms with Crippen LogP contribution in [0.5, 0.6) is 28.7 Å². The number of aliphatic hydroxyl groups excluding tert-OH is 1. The fraction of sp³-hybridized carbons (Fsp3) is 0.394. The quantitative estimate of drug-likeness (QED) is 0.211. The van der Waals surface area contributed by atoms with E-state index < -0.39 is 6.10 Å². The lowest BCUT2D eigenvalue weighted by Gasteiger charge is -2.39. The standard InChI is InChI=1S/C33H39N3O7/c1-34-19-42-30-16-25-27(43-33(30)21-3-6-26(39)28(15-21)40-2)17-29(41-12-11-37)32-24-5-4-23(38)14-22(24)13-20(31(25)32)7-9-36-10-8-35-18-36/h3-6,8,10,14-15,17,20,30,33-35,37-39H,7,9,11-13,16,18-19H2,1-2H3. The SMILES string of the molecule is CNCOC1Cc2c(cc(OCCO)c3c2C(CCN2C=CNC2)Cc2cc(O)ccc2-3)OC1c1ccc(O)c(OC)c1. The summed E-state index contributed by atoms with van der Waals surface area (Å²) < 4.78 is 24.7. The summed E-state index contributed by atoms with van der Waals surface area (Å²) in [7, 11) is 3.36. The second kappa shape index (κ2) is 12.6. The van der Waals surface area contributed by atoms with Gasteiger partial charge in [-0.25, -0.2) is 0 Å². The molecule has 3 aromatic rings. The summed E-state index contributed by atoms with van der Waals surface area (Å²) in [6.45, 7) is 1.99. The molecule has 0 radical (unpaired) electrons. The van der Waals surface area contributed by atoms with E-state index in [1.807, 2.05) is 37.5 Å². The van der Waals surface area contributed by atoms with E-state index in [0.717, 1.165) is 53.9 Å². The Morgan fingerprint density at radius 2 is 1.98 bits per heavy atom. The molecule has 3 aliphatic rings. The van der Waals surface area contributed by atoms with Gasteiger partial charge in [-0.05, 0) is 72.3 Å². The molecule has 0 aromatic heterocycles. The Kier molecular flexibility index (Phi) is 8.51. The van der Waals surface area contributed by atoms with Crippen molar-refractivity contribution >= 4 is 0 Å². The lowest BCUT2D eigenvalue weighted by atomic mass is 9.73. The number of methoxy groups -OCH3 is 1. The first kappa shape index (κ1) is 29.0. The van der Waals surface area contributed by atoms with Crippen molar-refractivity contribution in [3.05, 3.63) is 77.1 Å². The molecule has 6 rings (SSSR count). The zero-order chi connectivity index (χ0) is 29.9. The number of nitrogens with one attached hydrogen (secondary N) is 2. The normalized spacial score (nSPS) is 20.1. The predicted octanol–water partition coefficient (Wildman–Crippen LogP) is 3.75. The minimum atomic E-state index is -0.467. The zero-order valence-corrected chi connectivity index (χ0v) is 24.5. The predicted molar refractivity (Wildman–Crippen MR) is 162 cm³/mol. The highest BCUT2D eigenvalue weighted by atomic mass is 16.6. The monoisotopic (exact) mass is 589 g/mol. The number of benzene rings is 3. The van der Waals surface area contributed by atoms with Crippen LogP contribution in [-0.2, 0) is 17.6 Å². The van der Waals surface area contributed by atoms with E-state index >= 15 is 0 Å². The van der Waals surface area contributed by atoms with Crippen LogP contribution in [-0.4, -0.2) is 73.6 Å². The second-order valence-electron chi connectivity index (χ2n) is 11.1. The van der Waals surface area contributed by atoms with Crippen LogP contribution < -0.4 is 24.8 Å². The maximum absolute atomic E-state index is 10.4. The lowest BCUT2D eigenvalue weighted by Crippen LogP contribution is -2.36. The van der Waals surface area contributed by atoms with Gasteiger partial charge in [0, 0.05) is 42.6 Å². The number of phenolic OH excluding ortho intramolecular Hbond substituents is 2. The van der Waals surface area contributed by atoms with E-state index in [-0.39, 0.29) is 36.7 Å². The summed E-state index contributed by atoms with van der Waals surface area (Å²) >= 11 is 0. The molecule has 3 unspecified atom stereocenters. The van der Waals surface area contributed by atoms with E-state index in [0.29, 0.717) is 30.4 Å². The molecule has 43 heavy (non-hydrogen) atoms. The van der Waals surface area contributed by atoms with E-state index in [1.165, 1.54) is 12.7 Å². The first-order chi connectivity index (χ1) is 21.0. The Morgan fingerprint density at radius 3 is 2.74 bits per heavy atom. The molecule has 0 bridgehead atoms. The van der Waals surface area contributed by atoms with Crippen LogP contribution in [0.25, 0.3) is 11.1 Å². The van der Waals surface area contributed by atoms with E-state index in [2.05, 4.69) is 21.7 Å². The third kappa shape index (κ3) is 5.78. The van der Waals surface area contributed by atoms with E-state index in [1.54, 1.807) is 18.2 Å². The van der Waals surface area contributed by atoms with Crippen LogP contribution in [0.4, 0.5) is 0 Å². The minimum Gasteiger partial charge on any atom is -0.508 e. The van der Waals surface area contributed by atoms with Crippen LogP contribution in [0, 0.1) is 0 Å². The van der Waals surface area contributed by atoms with Crippen LogP contribution in [0.2, 0.25) is 0 Å². The number of nitrogens with zero attached hydrogens (tertiary/aromatic N) is 1. The first-order valence-corrected chi connectivity index (χ1v) is 14.7. The minimum absolute atomic E-state index is 0.0551. The number of phenols is 2. The largest absolute Gasteiger partial charge is 0.508 e. The van der Waals surface area contributed by atoms with Gasteiger partial charge in [0.15, 0.2) is 17.6 Å². The van der Waals surface area contributed by atoms with Gasteiger partial charge in [-0.2, -0.15) is 0 Å². The maximum Gasteiger partial charge on any atom is 0.160 e. The van der Waals surface area contributed by atoms with Gasteiger partial charge in [0.05, 0.1) is 27.1 Å². The number of ether oxygens (including phenoxy) is 4. The number of fused-ring (bicyclic) bond motifs is 5. The average Bonchev–Trinajstić information content (AvgIpc) is 3.55. The molecule has 228 valence electrons. The maximum atomic E-state index is 10.4. The van der Waals surface area contributed by atoms with Crippen LogP contribution in [0.1, 0.15) is 40.7 Å². The fourth-order valence-electron chi connectivity index (χ4n) is 6.48. The number of aliphatic hydroxyl groups is 1. The molecule has 0 saturated heterocycles. The summed E-state index contributed by atoms with van der Waals surface area (Å²) in [5.41, 5.74) is 6.13. The Balaban J connectivity index is 1.49. The van der Waals surface area contributed by atoms with Crippen molar-refractivity contribution in [1.29, 1.82) is 0 Å². The highest BCUT2D eigenvalue weighted by Crippen LogP contribution is 2.53. The molecule has 10 nitrogen and oxygen atoms in total. The molecule has 1 aliphatic carbocycles. The van der Waals surface area contributed by atoms with E-state index in [4.69, 9.17) is 18.9 Å². The molecule has 0 fully saturated rings. The summed E-state index contributed by atoms with van der Waals surface area (Å²) in [6, 6.07) is 12.7. The highest BCUT2D eigenvalue weighted by Gasteiger charge is 2.39. The molecule has 0 saturated carbocycles. The lowest BCUT2D eigenvalue weighted by molar-refractivity contribution is -0.0429. The molecule has 0 spiro atoms. The summed E-state index contributed by atoms with van der Waals surface area (Å²) in [5.74, 6) is 2.13. The number of hydrogen-bond donors (Lipinski definition) is 5. The van der Waals surface area contributed by atoms with Gasteiger partial charge in [0.2, 0.25) is 0 Å². The van der Waals surface area contributed by atoms with Gasteiger partial charge in [0.25, 0.3) is 0 Å². The molecule has 2 heterocycles. The average molecular weight is 590 g/mol. The van der Waals surface area contributed by atoms with Crippen LogP contribution >= 0.6 is 0 Å². The van der Waals surface area contributed by atoms with Crippen molar-refractivity contribution < 1.29 is 34.3 Å². The van der Waals surface area contributed by atoms with Gasteiger partial charge < -0.3 is 44.5 Å². The molecule has 10 heteroatoms. The van der Waals surface area contributed by atoms with Gasteiger partial charge in [-0.1, -0.05) is 12.1 Å². The fourth-order valence-corrected chi connectivity index (χ4v) is 6.48. The highest BCUT2D eigenvalue weighted by molar-refractivity contribution is 5.83. The van der Waals surface area contributed by atoms with Crippen molar-refractivity contribution in [2.24, 2.45) is 0 Å². The zero-order valence-electron chi connectivity index (χ0n) is 24.5. The van der Waals surface area contributed by atoms with Gasteiger partial charge in [0.1, 0.15) is 30.0 Å². The summed E-state index contributed by atoms with van der Waals surface area (Å²) in [5, 5.41) is 36.6. The molecule has 3 atom stereocenters. The third-order valence-corrected chi connectivity index (χ3v) is 8.42. The van der Waals surface area contributed by atoms with Gasteiger partial charge in [-0.3, -0.25) is 5.32 Å². The second-order valence-corrected chi connectivity index (χ2v) is 11.1. The molecule has 5 N–H and O–H groups in total. The third-order valence-electron chi connectivity index (χ3n) is 8.42. The van der Waals surface area contributed by atoms with Gasteiger partial charge >= 0.3 is 0 Å². The Labute approximate surface area is 251 Å². The van der Waals surface area contributed by atoms with Crippen LogP contribution in [0.3, 0.4) is 0 Å². The Morgan fingerprint density at radius 1 is 1.09 bits per heavy atom. The molecule has 3 aromatic carbocycles. The topological polar surface area (TPSA) is 125 Å². The van der Waals surface area contributed by atoms with Crippen LogP contribution in [0.15, 0.2) is 54.9 Å². The number of hydrogen-bond acceptors (Lipinski definition) is 10. The smallest absolute Gasteiger partial charge is 0.160 e. The molecular formula is C33H39N3O7. The molecular weight excluding hydrogens is 550 g/mol. The molecule has 0 amide bonds.